The Morgan fingerprint density at radius 2 is 1.40 bits per heavy atom. The Bertz CT molecular complexity index is 1210. The molecule has 4 aromatic rings. The maximum absolute atomic E-state index is 12.5. The van der Waals surface area contributed by atoms with Gasteiger partial charge in [-0.2, -0.15) is 0 Å². The Morgan fingerprint density at radius 1 is 0.767 bits per heavy atom. The van der Waals surface area contributed by atoms with E-state index >= 15 is 0 Å². The minimum Gasteiger partial charge on any atom is -0.348 e. The Balaban J connectivity index is 1.48. The third kappa shape index (κ3) is 4.39. The predicted octanol–water partition coefficient (Wildman–Crippen LogP) is 4.95. The molecule has 0 radical (unpaired) electrons. The van der Waals surface area contributed by atoms with Crippen molar-refractivity contribution in [3.05, 3.63) is 118 Å². The Morgan fingerprint density at radius 3 is 2.07 bits per heavy atom. The maximum atomic E-state index is 12.5. The van der Waals surface area contributed by atoms with Crippen LogP contribution in [-0.4, -0.2) is 10.9 Å². The first-order valence-corrected chi connectivity index (χ1v) is 9.83. The third-order valence-corrected chi connectivity index (χ3v) is 5.03. The van der Waals surface area contributed by atoms with E-state index in [2.05, 4.69) is 22.4 Å². The van der Waals surface area contributed by atoms with Crippen molar-refractivity contribution in [2.45, 2.75) is 13.5 Å². The van der Waals surface area contributed by atoms with Crippen LogP contribution in [0.25, 0.3) is 22.4 Å². The number of pyridine rings is 1. The van der Waals surface area contributed by atoms with Crippen LogP contribution in [0.2, 0.25) is 0 Å². The van der Waals surface area contributed by atoms with E-state index in [0.29, 0.717) is 12.2 Å². The molecule has 0 atom stereocenters. The number of nitrogens with one attached hydrogen (secondary N) is 2. The van der Waals surface area contributed by atoms with Gasteiger partial charge in [0.25, 0.3) is 11.5 Å². The zero-order valence-corrected chi connectivity index (χ0v) is 16.7. The number of hydrogen-bond acceptors (Lipinski definition) is 2. The highest BCUT2D eigenvalue weighted by Crippen LogP contribution is 2.23. The van der Waals surface area contributed by atoms with E-state index in [9.17, 15) is 9.59 Å². The number of hydrogen-bond donors (Lipinski definition) is 2. The molecule has 0 saturated heterocycles. The van der Waals surface area contributed by atoms with Gasteiger partial charge in [0, 0.05) is 12.2 Å². The Kier molecular flexibility index (Phi) is 5.57. The minimum atomic E-state index is -0.402. The van der Waals surface area contributed by atoms with Gasteiger partial charge >= 0.3 is 0 Å². The summed E-state index contributed by atoms with van der Waals surface area (Å²) in [7, 11) is 0. The number of rotatable bonds is 5. The quantitative estimate of drug-likeness (QED) is 0.503. The third-order valence-electron chi connectivity index (χ3n) is 5.03. The zero-order chi connectivity index (χ0) is 20.9. The summed E-state index contributed by atoms with van der Waals surface area (Å²) in [4.78, 5) is 27.7. The molecule has 4 rings (SSSR count). The van der Waals surface area contributed by atoms with Crippen LogP contribution in [0.4, 0.5) is 0 Å². The second-order valence-electron chi connectivity index (χ2n) is 7.23. The van der Waals surface area contributed by atoms with E-state index in [4.69, 9.17) is 0 Å². The highest BCUT2D eigenvalue weighted by atomic mass is 16.2. The lowest BCUT2D eigenvalue weighted by Gasteiger charge is -2.08. The number of carbonyl (C=O) groups excluding carboxylic acids is 1. The number of amides is 1. The average molecular weight is 394 g/mol. The van der Waals surface area contributed by atoms with Gasteiger partial charge < -0.3 is 10.3 Å². The van der Waals surface area contributed by atoms with Crippen LogP contribution >= 0.6 is 0 Å². The molecule has 0 bridgehead atoms. The monoisotopic (exact) mass is 394 g/mol. The molecule has 1 aromatic heterocycles. The number of aromatic amines is 1. The van der Waals surface area contributed by atoms with E-state index in [1.165, 1.54) is 0 Å². The fraction of sp³-hybridized carbons (Fsp3) is 0.0769. The highest BCUT2D eigenvalue weighted by Gasteiger charge is 2.11. The summed E-state index contributed by atoms with van der Waals surface area (Å²) < 4.78 is 0. The average Bonchev–Trinajstić information content (AvgIpc) is 2.79. The number of aromatic nitrogens is 1. The van der Waals surface area contributed by atoms with Crippen LogP contribution in [-0.2, 0) is 6.54 Å². The second-order valence-corrected chi connectivity index (χ2v) is 7.23. The highest BCUT2D eigenvalue weighted by molar-refractivity contribution is 5.94. The van der Waals surface area contributed by atoms with Gasteiger partial charge in [-0.3, -0.25) is 9.59 Å². The van der Waals surface area contributed by atoms with Gasteiger partial charge in [0.05, 0.1) is 0 Å². The molecule has 0 fully saturated rings. The van der Waals surface area contributed by atoms with Gasteiger partial charge in [-0.25, -0.2) is 0 Å². The van der Waals surface area contributed by atoms with Gasteiger partial charge in [0.2, 0.25) is 0 Å². The molecular weight excluding hydrogens is 372 g/mol. The van der Waals surface area contributed by atoms with E-state index in [0.717, 1.165) is 27.8 Å². The van der Waals surface area contributed by atoms with E-state index in [1.807, 2.05) is 73.7 Å². The summed E-state index contributed by atoms with van der Waals surface area (Å²) in [6.07, 6.45) is 0. The predicted molar refractivity (Wildman–Crippen MR) is 120 cm³/mol. The van der Waals surface area contributed by atoms with Crippen molar-refractivity contribution in [3.8, 4) is 22.4 Å². The molecule has 0 saturated carbocycles. The molecular formula is C26H22N2O2. The van der Waals surface area contributed by atoms with Crippen LogP contribution in [0.5, 0.6) is 0 Å². The topological polar surface area (TPSA) is 62.0 Å². The maximum Gasteiger partial charge on any atom is 0.261 e. The molecule has 0 aliphatic heterocycles. The molecule has 4 heteroatoms. The zero-order valence-electron chi connectivity index (χ0n) is 16.7. The molecule has 0 spiro atoms. The molecule has 0 unspecified atom stereocenters. The van der Waals surface area contributed by atoms with Crippen LogP contribution in [0.3, 0.4) is 0 Å². The van der Waals surface area contributed by atoms with Crippen molar-refractivity contribution < 1.29 is 4.79 Å². The molecule has 3 aromatic carbocycles. The Labute approximate surface area is 175 Å². The lowest BCUT2D eigenvalue weighted by atomic mass is 10.0. The van der Waals surface area contributed by atoms with Crippen molar-refractivity contribution in [3.63, 3.8) is 0 Å². The number of benzene rings is 3. The number of H-pyrrole nitrogens is 1. The molecule has 0 aliphatic rings. The molecule has 0 aliphatic carbocycles. The van der Waals surface area contributed by atoms with Crippen LogP contribution in [0, 0.1) is 6.92 Å². The second kappa shape index (κ2) is 8.62. The van der Waals surface area contributed by atoms with Crippen molar-refractivity contribution in [1.29, 1.82) is 0 Å². The fourth-order valence-electron chi connectivity index (χ4n) is 3.28. The van der Waals surface area contributed by atoms with Crippen molar-refractivity contribution in [2.24, 2.45) is 0 Å². The van der Waals surface area contributed by atoms with E-state index in [-0.39, 0.29) is 11.5 Å². The van der Waals surface area contributed by atoms with Crippen LogP contribution < -0.4 is 10.9 Å². The SMILES string of the molecule is Cc1ccc(CNC(=O)c2ccc(-c3ccc(-c4ccccc4)cc3)[nH]c2=O)cc1. The fourth-order valence-corrected chi connectivity index (χ4v) is 3.28. The largest absolute Gasteiger partial charge is 0.348 e. The molecule has 148 valence electrons. The number of carbonyl (C=O) groups is 1. The van der Waals surface area contributed by atoms with Crippen LogP contribution in [0.1, 0.15) is 21.5 Å². The first-order valence-electron chi connectivity index (χ1n) is 9.83. The molecule has 4 nitrogen and oxygen atoms in total. The molecule has 30 heavy (non-hydrogen) atoms. The lowest BCUT2D eigenvalue weighted by molar-refractivity contribution is 0.0949. The summed E-state index contributed by atoms with van der Waals surface area (Å²) in [6.45, 7) is 2.39. The minimum absolute atomic E-state index is 0.103. The smallest absolute Gasteiger partial charge is 0.261 e. The van der Waals surface area contributed by atoms with Gasteiger partial charge in [-0.1, -0.05) is 84.4 Å². The van der Waals surface area contributed by atoms with E-state index < -0.39 is 5.56 Å². The normalized spacial score (nSPS) is 10.6. The molecule has 2 N–H and O–H groups in total. The van der Waals surface area contributed by atoms with Gasteiger partial charge in [0.15, 0.2) is 0 Å². The summed E-state index contributed by atoms with van der Waals surface area (Å²) in [5.41, 5.74) is 5.65. The summed E-state index contributed by atoms with van der Waals surface area (Å²) in [5, 5.41) is 2.80. The van der Waals surface area contributed by atoms with Gasteiger partial charge in [-0.15, -0.1) is 0 Å². The number of aryl methyl sites for hydroxylation is 1. The molecule has 1 amide bonds. The van der Waals surface area contributed by atoms with Crippen molar-refractivity contribution >= 4 is 5.91 Å². The van der Waals surface area contributed by atoms with Crippen molar-refractivity contribution in [2.75, 3.05) is 0 Å². The standard InChI is InChI=1S/C26H22N2O2/c1-18-7-9-19(10-8-18)17-27-25(29)23-15-16-24(28-26(23)30)22-13-11-21(12-14-22)20-5-3-2-4-6-20/h2-16H,17H2,1H3,(H,27,29)(H,28,30). The van der Waals surface area contributed by atoms with E-state index in [1.54, 1.807) is 12.1 Å². The summed E-state index contributed by atoms with van der Waals surface area (Å²) >= 11 is 0. The van der Waals surface area contributed by atoms with Gasteiger partial charge in [0.1, 0.15) is 5.56 Å². The van der Waals surface area contributed by atoms with Gasteiger partial charge in [-0.05, 0) is 41.3 Å². The van der Waals surface area contributed by atoms with Crippen molar-refractivity contribution in [1.82, 2.24) is 10.3 Å². The molecule has 1 heterocycles. The first kappa shape index (κ1) is 19.4. The lowest BCUT2D eigenvalue weighted by Crippen LogP contribution is -2.29. The summed E-state index contributed by atoms with van der Waals surface area (Å²) in [6, 6.07) is 29.3. The first-order chi connectivity index (χ1) is 14.6. The Hall–Kier alpha value is -3.92. The van der Waals surface area contributed by atoms with Crippen LogP contribution in [0.15, 0.2) is 95.8 Å². The summed E-state index contributed by atoms with van der Waals surface area (Å²) in [5.74, 6) is -0.386.